The zero-order valence-corrected chi connectivity index (χ0v) is 10.8. The first-order valence-corrected chi connectivity index (χ1v) is 6.47. The van der Waals surface area contributed by atoms with Crippen molar-refractivity contribution in [2.75, 3.05) is 38.2 Å². The molecule has 0 aliphatic carbocycles. The fraction of sp³-hybridized carbons (Fsp3) is 0.538. The number of nitro groups is 1. The van der Waals surface area contributed by atoms with Crippen LogP contribution in [-0.4, -0.2) is 38.2 Å². The fourth-order valence-corrected chi connectivity index (χ4v) is 3.08. The van der Waals surface area contributed by atoms with Crippen molar-refractivity contribution in [1.82, 2.24) is 5.32 Å². The first-order valence-electron chi connectivity index (χ1n) is 6.47. The smallest absolute Gasteiger partial charge is 0.311 e. The summed E-state index contributed by atoms with van der Waals surface area (Å²) in [6.45, 7) is 4.17. The lowest BCUT2D eigenvalue weighted by Gasteiger charge is -2.20. The van der Waals surface area contributed by atoms with Crippen molar-refractivity contribution >= 4 is 11.4 Å². The van der Waals surface area contributed by atoms with Crippen LogP contribution in [-0.2, 0) is 0 Å². The minimum Gasteiger partial charge on any atom is -0.490 e. The Morgan fingerprint density at radius 2 is 2.05 bits per heavy atom. The summed E-state index contributed by atoms with van der Waals surface area (Å²) in [5.41, 5.74) is 1.03. The van der Waals surface area contributed by atoms with Gasteiger partial charge in [-0.15, -0.1) is 0 Å². The third-order valence-corrected chi connectivity index (χ3v) is 4.11. The minimum atomic E-state index is -0.411. The molecule has 2 saturated heterocycles. The normalized spacial score (nSPS) is 25.4. The first kappa shape index (κ1) is 12.2. The molecule has 2 aliphatic rings. The summed E-state index contributed by atoms with van der Waals surface area (Å²) >= 11 is 0. The summed E-state index contributed by atoms with van der Waals surface area (Å²) in [7, 11) is 1.47. The minimum absolute atomic E-state index is 0.0207. The molecule has 1 N–H and O–H groups in total. The lowest BCUT2D eigenvalue weighted by molar-refractivity contribution is -0.385. The van der Waals surface area contributed by atoms with E-state index in [1.807, 2.05) is 6.07 Å². The van der Waals surface area contributed by atoms with Gasteiger partial charge in [-0.1, -0.05) is 0 Å². The van der Waals surface area contributed by atoms with Gasteiger partial charge in [0.25, 0.3) is 0 Å². The van der Waals surface area contributed by atoms with Gasteiger partial charge in [0.1, 0.15) is 0 Å². The third kappa shape index (κ3) is 2.12. The van der Waals surface area contributed by atoms with E-state index in [0.29, 0.717) is 17.6 Å². The average molecular weight is 263 g/mol. The molecule has 0 radical (unpaired) electrons. The molecule has 102 valence electrons. The number of nitrogens with zero attached hydrogens (tertiary/aromatic N) is 2. The number of hydrogen-bond acceptors (Lipinski definition) is 5. The molecule has 0 amide bonds. The second-order valence-electron chi connectivity index (χ2n) is 5.20. The van der Waals surface area contributed by atoms with E-state index < -0.39 is 4.92 Å². The van der Waals surface area contributed by atoms with Gasteiger partial charge in [-0.2, -0.15) is 0 Å². The Labute approximate surface area is 111 Å². The average Bonchev–Trinajstić information content (AvgIpc) is 2.98. The lowest BCUT2D eigenvalue weighted by Crippen LogP contribution is -2.25. The highest BCUT2D eigenvalue weighted by molar-refractivity contribution is 5.59. The molecule has 0 bridgehead atoms. The van der Waals surface area contributed by atoms with Crippen molar-refractivity contribution in [2.45, 2.75) is 0 Å². The fourth-order valence-electron chi connectivity index (χ4n) is 3.08. The zero-order chi connectivity index (χ0) is 13.4. The number of nitrogens with one attached hydrogen (secondary N) is 1. The quantitative estimate of drug-likeness (QED) is 0.657. The van der Waals surface area contributed by atoms with Gasteiger partial charge in [0.05, 0.1) is 12.0 Å². The number of methoxy groups -OCH3 is 1. The molecule has 2 fully saturated rings. The molecule has 3 rings (SSSR count). The van der Waals surface area contributed by atoms with Crippen molar-refractivity contribution in [3.05, 3.63) is 28.3 Å². The summed E-state index contributed by atoms with van der Waals surface area (Å²) in [5, 5.41) is 14.3. The molecule has 0 saturated carbocycles. The van der Waals surface area contributed by atoms with Crippen LogP contribution < -0.4 is 15.0 Å². The molecule has 0 spiro atoms. The van der Waals surface area contributed by atoms with Crippen molar-refractivity contribution in [3.63, 3.8) is 0 Å². The van der Waals surface area contributed by atoms with Gasteiger partial charge in [0, 0.05) is 44.0 Å². The number of ether oxygens (including phenoxy) is 1. The van der Waals surface area contributed by atoms with Crippen LogP contribution in [0.1, 0.15) is 0 Å². The molecule has 19 heavy (non-hydrogen) atoms. The van der Waals surface area contributed by atoms with Gasteiger partial charge >= 0.3 is 5.69 Å². The summed E-state index contributed by atoms with van der Waals surface area (Å²) in [4.78, 5) is 12.8. The van der Waals surface area contributed by atoms with Crippen LogP contribution >= 0.6 is 0 Å². The predicted molar refractivity (Wildman–Crippen MR) is 71.7 cm³/mol. The van der Waals surface area contributed by atoms with Crippen LogP contribution in [0.3, 0.4) is 0 Å². The number of benzene rings is 1. The van der Waals surface area contributed by atoms with Crippen LogP contribution in [0.15, 0.2) is 18.2 Å². The van der Waals surface area contributed by atoms with Gasteiger partial charge in [-0.05, 0) is 17.9 Å². The molecule has 6 heteroatoms. The SMILES string of the molecule is COc1cc(N2CC3CNCC3C2)ccc1[N+](=O)[O-]. The van der Waals surface area contributed by atoms with E-state index in [-0.39, 0.29) is 5.69 Å². The summed E-state index contributed by atoms with van der Waals surface area (Å²) < 4.78 is 5.12. The first-order chi connectivity index (χ1) is 9.19. The summed E-state index contributed by atoms with van der Waals surface area (Å²) in [6.07, 6.45) is 0. The summed E-state index contributed by atoms with van der Waals surface area (Å²) in [6, 6.07) is 5.11. The Hall–Kier alpha value is -1.82. The zero-order valence-electron chi connectivity index (χ0n) is 10.8. The second kappa shape index (κ2) is 4.70. The molecule has 6 nitrogen and oxygen atoms in total. The van der Waals surface area contributed by atoms with Crippen molar-refractivity contribution in [3.8, 4) is 5.75 Å². The topological polar surface area (TPSA) is 67.6 Å². The van der Waals surface area contributed by atoms with Gasteiger partial charge in [0.2, 0.25) is 0 Å². The Morgan fingerprint density at radius 1 is 1.37 bits per heavy atom. The number of anilines is 1. The Balaban J connectivity index is 1.84. The third-order valence-electron chi connectivity index (χ3n) is 4.11. The maximum atomic E-state index is 10.9. The molecule has 2 unspecified atom stereocenters. The highest BCUT2D eigenvalue weighted by atomic mass is 16.6. The van der Waals surface area contributed by atoms with E-state index in [1.165, 1.54) is 13.2 Å². The van der Waals surface area contributed by atoms with Crippen LogP contribution in [0, 0.1) is 22.0 Å². The van der Waals surface area contributed by atoms with Crippen molar-refractivity contribution in [2.24, 2.45) is 11.8 Å². The van der Waals surface area contributed by atoms with E-state index in [9.17, 15) is 10.1 Å². The maximum Gasteiger partial charge on any atom is 0.311 e. The van der Waals surface area contributed by atoms with Gasteiger partial charge < -0.3 is 15.0 Å². The number of hydrogen-bond donors (Lipinski definition) is 1. The van der Waals surface area contributed by atoms with E-state index in [2.05, 4.69) is 10.2 Å². The van der Waals surface area contributed by atoms with Crippen molar-refractivity contribution < 1.29 is 9.66 Å². The summed E-state index contributed by atoms with van der Waals surface area (Å²) in [5.74, 6) is 1.72. The monoisotopic (exact) mass is 263 g/mol. The molecular weight excluding hydrogens is 246 g/mol. The van der Waals surface area contributed by atoms with E-state index in [0.717, 1.165) is 31.9 Å². The van der Waals surface area contributed by atoms with E-state index >= 15 is 0 Å². The molecule has 2 aliphatic heterocycles. The van der Waals surface area contributed by atoms with Gasteiger partial charge in [-0.25, -0.2) is 0 Å². The van der Waals surface area contributed by atoms with Gasteiger partial charge in [0.15, 0.2) is 5.75 Å². The largest absolute Gasteiger partial charge is 0.490 e. The molecule has 2 atom stereocenters. The number of nitro benzene ring substituents is 1. The Kier molecular flexibility index (Phi) is 3.02. The van der Waals surface area contributed by atoms with E-state index in [1.54, 1.807) is 6.07 Å². The molecule has 2 heterocycles. The Bertz CT molecular complexity index is 494. The molecular formula is C13H17N3O3. The number of rotatable bonds is 3. The number of fused-ring (bicyclic) bond motifs is 1. The van der Waals surface area contributed by atoms with E-state index in [4.69, 9.17) is 4.74 Å². The highest BCUT2D eigenvalue weighted by Gasteiger charge is 2.36. The second-order valence-corrected chi connectivity index (χ2v) is 5.20. The van der Waals surface area contributed by atoms with Crippen molar-refractivity contribution in [1.29, 1.82) is 0 Å². The predicted octanol–water partition coefficient (Wildman–Crippen LogP) is 1.26. The molecule has 1 aromatic carbocycles. The maximum absolute atomic E-state index is 10.9. The van der Waals surface area contributed by atoms with Crippen LogP contribution in [0.25, 0.3) is 0 Å². The molecule has 1 aromatic rings. The van der Waals surface area contributed by atoms with Crippen LogP contribution in [0.5, 0.6) is 5.75 Å². The molecule has 0 aromatic heterocycles. The van der Waals surface area contributed by atoms with Crippen LogP contribution in [0.2, 0.25) is 0 Å². The Morgan fingerprint density at radius 3 is 2.63 bits per heavy atom. The van der Waals surface area contributed by atoms with Gasteiger partial charge in [-0.3, -0.25) is 10.1 Å². The van der Waals surface area contributed by atoms with Crippen LogP contribution in [0.4, 0.5) is 11.4 Å². The standard InChI is InChI=1S/C13H17N3O3/c1-19-13-4-11(2-3-12(13)16(17)18)15-7-9-5-14-6-10(9)8-15/h2-4,9-10,14H,5-8H2,1H3. The highest BCUT2D eigenvalue weighted by Crippen LogP contribution is 2.35. The lowest BCUT2D eigenvalue weighted by atomic mass is 10.0.